The second kappa shape index (κ2) is 9.04. The minimum absolute atomic E-state index is 0.00751. The van der Waals surface area contributed by atoms with Crippen molar-refractivity contribution in [2.45, 2.75) is 40.7 Å². The van der Waals surface area contributed by atoms with Crippen molar-refractivity contribution < 1.29 is 19.4 Å². The van der Waals surface area contributed by atoms with Crippen molar-refractivity contribution in [2.75, 3.05) is 5.32 Å². The Labute approximate surface area is 182 Å². The summed E-state index contributed by atoms with van der Waals surface area (Å²) in [5.74, 6) is -0.107. The van der Waals surface area contributed by atoms with Gasteiger partial charge in [-0.3, -0.25) is 9.59 Å². The van der Waals surface area contributed by atoms with Crippen LogP contribution in [0.25, 0.3) is 0 Å². The smallest absolute Gasteiger partial charge is 0.198 e. The summed E-state index contributed by atoms with van der Waals surface area (Å²) in [6.07, 6.45) is 0. The fourth-order valence-electron chi connectivity index (χ4n) is 3.50. The molecular weight excluding hydrogens is 390 g/mol. The summed E-state index contributed by atoms with van der Waals surface area (Å²) < 4.78 is 6.00. The number of hydrogen-bond donors (Lipinski definition) is 2. The van der Waals surface area contributed by atoms with Crippen LogP contribution in [0.4, 0.5) is 5.69 Å². The van der Waals surface area contributed by atoms with Crippen LogP contribution in [0.1, 0.15) is 65.1 Å². The zero-order valence-electron chi connectivity index (χ0n) is 18.4. The summed E-state index contributed by atoms with van der Waals surface area (Å²) in [4.78, 5) is 26.3. The van der Waals surface area contributed by atoms with Gasteiger partial charge in [-0.2, -0.15) is 0 Å². The zero-order valence-corrected chi connectivity index (χ0v) is 18.4. The molecule has 2 N–H and O–H groups in total. The number of fused-ring (bicyclic) bond motifs is 2. The van der Waals surface area contributed by atoms with Gasteiger partial charge in [0.15, 0.2) is 17.3 Å². The van der Waals surface area contributed by atoms with Crippen LogP contribution in [0.2, 0.25) is 0 Å². The molecular formula is C26H27NO4. The van der Waals surface area contributed by atoms with Crippen molar-refractivity contribution in [3.8, 4) is 17.2 Å². The highest BCUT2D eigenvalue weighted by Crippen LogP contribution is 2.44. The summed E-state index contributed by atoms with van der Waals surface area (Å²) in [6.45, 7) is 9.83. The van der Waals surface area contributed by atoms with Crippen molar-refractivity contribution in [3.63, 3.8) is 0 Å². The Balaban J connectivity index is 0.00000132. The monoisotopic (exact) mass is 417 g/mol. The molecule has 3 aromatic rings. The Morgan fingerprint density at radius 1 is 0.871 bits per heavy atom. The molecule has 5 nitrogen and oxygen atoms in total. The molecule has 0 saturated heterocycles. The Morgan fingerprint density at radius 2 is 1.42 bits per heavy atom. The van der Waals surface area contributed by atoms with Gasteiger partial charge < -0.3 is 15.2 Å². The van der Waals surface area contributed by atoms with Crippen molar-refractivity contribution >= 4 is 17.3 Å². The second-order valence-electron chi connectivity index (χ2n) is 7.44. The van der Waals surface area contributed by atoms with Gasteiger partial charge in [-0.15, -0.1) is 0 Å². The summed E-state index contributed by atoms with van der Waals surface area (Å²) in [6, 6.07) is 15.5. The molecule has 5 heteroatoms. The fourth-order valence-corrected chi connectivity index (χ4v) is 3.50. The molecule has 0 aromatic heterocycles. The average molecular weight is 418 g/mol. The number of phenolic OH excluding ortho intramolecular Hbond substituents is 1. The van der Waals surface area contributed by atoms with Crippen molar-refractivity contribution in [2.24, 2.45) is 0 Å². The normalized spacial score (nSPS) is 11.9. The lowest BCUT2D eigenvalue weighted by molar-refractivity contribution is 0.0977. The van der Waals surface area contributed by atoms with Crippen LogP contribution in [-0.2, 0) is 0 Å². The van der Waals surface area contributed by atoms with E-state index in [1.54, 1.807) is 24.3 Å². The SMILES string of the molecule is CC.Cc1ccc(Oc2cc(O)c3c(c2NC(C)C)C(=O)c2ccccc2C3=O)cc1. The van der Waals surface area contributed by atoms with Crippen LogP contribution in [0.5, 0.6) is 17.2 Å². The molecule has 1 aliphatic carbocycles. The summed E-state index contributed by atoms with van der Waals surface area (Å²) in [7, 11) is 0. The number of aromatic hydroxyl groups is 1. The molecule has 0 atom stereocenters. The molecule has 3 aromatic carbocycles. The maximum Gasteiger partial charge on any atom is 0.198 e. The molecule has 160 valence electrons. The highest BCUT2D eigenvalue weighted by Gasteiger charge is 2.36. The van der Waals surface area contributed by atoms with E-state index in [9.17, 15) is 14.7 Å². The van der Waals surface area contributed by atoms with Crippen LogP contribution in [0.3, 0.4) is 0 Å². The van der Waals surface area contributed by atoms with Gasteiger partial charge in [0.05, 0.1) is 16.8 Å². The molecule has 0 bridgehead atoms. The third kappa shape index (κ3) is 4.17. The van der Waals surface area contributed by atoms with E-state index in [0.29, 0.717) is 28.3 Å². The summed E-state index contributed by atoms with van der Waals surface area (Å²) in [5, 5.41) is 13.9. The van der Waals surface area contributed by atoms with E-state index in [4.69, 9.17) is 4.74 Å². The van der Waals surface area contributed by atoms with Gasteiger partial charge in [-0.25, -0.2) is 0 Å². The number of phenols is 1. The molecule has 1 aliphatic rings. The molecule has 0 aliphatic heterocycles. The number of rotatable bonds is 4. The number of ketones is 2. The van der Waals surface area contributed by atoms with Crippen LogP contribution in [0.15, 0.2) is 54.6 Å². The van der Waals surface area contributed by atoms with Gasteiger partial charge in [0.25, 0.3) is 0 Å². The van der Waals surface area contributed by atoms with Gasteiger partial charge in [-0.1, -0.05) is 55.8 Å². The number of aryl methyl sites for hydroxylation is 1. The van der Waals surface area contributed by atoms with E-state index in [-0.39, 0.29) is 34.5 Å². The van der Waals surface area contributed by atoms with E-state index in [1.165, 1.54) is 6.07 Å². The van der Waals surface area contributed by atoms with Crippen LogP contribution in [0, 0.1) is 6.92 Å². The Kier molecular flexibility index (Phi) is 6.44. The molecule has 0 unspecified atom stereocenters. The Morgan fingerprint density at radius 3 is 1.97 bits per heavy atom. The number of nitrogens with one attached hydrogen (secondary N) is 1. The quantitative estimate of drug-likeness (QED) is 0.392. The fraction of sp³-hybridized carbons (Fsp3) is 0.231. The molecule has 0 fully saturated rings. The lowest BCUT2D eigenvalue weighted by Crippen LogP contribution is -2.24. The zero-order chi connectivity index (χ0) is 22.7. The first-order chi connectivity index (χ1) is 14.9. The maximum atomic E-state index is 13.3. The number of hydrogen-bond acceptors (Lipinski definition) is 5. The molecule has 0 saturated carbocycles. The van der Waals surface area contributed by atoms with Gasteiger partial charge >= 0.3 is 0 Å². The predicted molar refractivity (Wildman–Crippen MR) is 123 cm³/mol. The van der Waals surface area contributed by atoms with Gasteiger partial charge in [0, 0.05) is 23.2 Å². The molecule has 31 heavy (non-hydrogen) atoms. The summed E-state index contributed by atoms with van der Waals surface area (Å²) in [5.41, 5.74) is 2.26. The first-order valence-corrected chi connectivity index (χ1v) is 10.5. The average Bonchev–Trinajstić information content (AvgIpc) is 2.76. The standard InChI is InChI=1S/C24H21NO4.C2H6/c1-13(2)25-22-19(29-15-10-8-14(3)9-11-15)12-18(26)20-21(22)24(28)17-7-5-4-6-16(17)23(20)27;1-2/h4-13,25-26H,1-3H3;1-2H3. The molecule has 0 radical (unpaired) electrons. The highest BCUT2D eigenvalue weighted by molar-refractivity contribution is 6.31. The van der Waals surface area contributed by atoms with E-state index >= 15 is 0 Å². The Bertz CT molecular complexity index is 1130. The second-order valence-corrected chi connectivity index (χ2v) is 7.44. The number of carbonyl (C=O) groups excluding carboxylic acids is 2. The van der Waals surface area contributed by atoms with Crippen molar-refractivity contribution in [1.82, 2.24) is 0 Å². The predicted octanol–water partition coefficient (Wildman–Crippen LogP) is 6.11. The lowest BCUT2D eigenvalue weighted by atomic mass is 9.82. The lowest BCUT2D eigenvalue weighted by Gasteiger charge is -2.25. The molecule has 0 spiro atoms. The molecule has 0 amide bonds. The van der Waals surface area contributed by atoms with E-state index < -0.39 is 0 Å². The first kappa shape index (κ1) is 22.1. The van der Waals surface area contributed by atoms with Gasteiger partial charge in [-0.05, 0) is 32.9 Å². The van der Waals surface area contributed by atoms with Crippen LogP contribution in [-0.4, -0.2) is 22.7 Å². The van der Waals surface area contributed by atoms with E-state index in [2.05, 4.69) is 5.32 Å². The van der Waals surface area contributed by atoms with Crippen molar-refractivity contribution in [1.29, 1.82) is 0 Å². The van der Waals surface area contributed by atoms with Crippen LogP contribution >= 0.6 is 0 Å². The topological polar surface area (TPSA) is 75.6 Å². The van der Waals surface area contributed by atoms with Crippen LogP contribution < -0.4 is 10.1 Å². The molecule has 0 heterocycles. The maximum absolute atomic E-state index is 13.3. The number of ether oxygens (including phenoxy) is 1. The minimum Gasteiger partial charge on any atom is -0.507 e. The number of anilines is 1. The largest absolute Gasteiger partial charge is 0.507 e. The third-order valence-corrected chi connectivity index (χ3v) is 4.82. The van der Waals surface area contributed by atoms with Crippen molar-refractivity contribution in [3.05, 3.63) is 82.4 Å². The number of carbonyl (C=O) groups is 2. The van der Waals surface area contributed by atoms with Gasteiger partial charge in [0.2, 0.25) is 0 Å². The van der Waals surface area contributed by atoms with E-state index in [1.807, 2.05) is 58.9 Å². The minimum atomic E-state index is -0.374. The number of benzene rings is 3. The van der Waals surface area contributed by atoms with Gasteiger partial charge in [0.1, 0.15) is 11.5 Å². The summed E-state index contributed by atoms with van der Waals surface area (Å²) >= 11 is 0. The van der Waals surface area contributed by atoms with E-state index in [0.717, 1.165) is 5.56 Å². The molecule has 4 rings (SSSR count). The Hall–Kier alpha value is -3.60. The third-order valence-electron chi connectivity index (χ3n) is 4.82. The first-order valence-electron chi connectivity index (χ1n) is 10.5. The highest BCUT2D eigenvalue weighted by atomic mass is 16.5.